The third kappa shape index (κ3) is 4.68. The second-order valence-corrected chi connectivity index (χ2v) is 9.28. The first-order valence-corrected chi connectivity index (χ1v) is 12.2. The molecule has 2 aromatic heterocycles. The van der Waals surface area contributed by atoms with Crippen molar-refractivity contribution < 1.29 is 4.79 Å². The van der Waals surface area contributed by atoms with Crippen LogP contribution in [0.3, 0.4) is 0 Å². The zero-order valence-corrected chi connectivity index (χ0v) is 19.8. The van der Waals surface area contributed by atoms with E-state index in [2.05, 4.69) is 20.3 Å². The summed E-state index contributed by atoms with van der Waals surface area (Å²) in [5.41, 5.74) is 3.42. The Bertz CT molecular complexity index is 1520. The molecule has 5 rings (SSSR count). The Kier molecular flexibility index (Phi) is 6.33. The number of carbonyl (C=O) groups excluding carboxylic acids is 1. The molecule has 0 atom stereocenters. The molecule has 0 fully saturated rings. The number of aromatic nitrogens is 3. The van der Waals surface area contributed by atoms with Gasteiger partial charge < -0.3 is 0 Å². The van der Waals surface area contributed by atoms with Crippen molar-refractivity contribution in [2.75, 3.05) is 0 Å². The van der Waals surface area contributed by atoms with Gasteiger partial charge >= 0.3 is 0 Å². The standard InChI is InChI=1S/C26H19N5OS2/c1-18-23(33-24(28-18)20-13-7-3-8-14-20)22(32)25-30-31(21-15-9-4-10-16-21)26(34-25)29-27-17-19-11-5-2-6-12-19/h2-17H,1H3/b27-17+,29-26-. The van der Waals surface area contributed by atoms with Crippen molar-refractivity contribution >= 4 is 34.7 Å². The van der Waals surface area contributed by atoms with Crippen LogP contribution in [0.1, 0.15) is 25.9 Å². The number of nitrogens with zero attached hydrogens (tertiary/aromatic N) is 5. The molecule has 0 aliphatic heterocycles. The summed E-state index contributed by atoms with van der Waals surface area (Å²) >= 11 is 2.59. The molecule has 3 aromatic carbocycles. The topological polar surface area (TPSA) is 72.5 Å². The molecule has 0 radical (unpaired) electrons. The van der Waals surface area contributed by atoms with Gasteiger partial charge in [-0.05, 0) is 24.6 Å². The number of aryl methyl sites for hydroxylation is 1. The van der Waals surface area contributed by atoms with Crippen LogP contribution in [0.15, 0.2) is 101 Å². The van der Waals surface area contributed by atoms with Crippen LogP contribution in [-0.2, 0) is 0 Å². The minimum Gasteiger partial charge on any atom is -0.285 e. The van der Waals surface area contributed by atoms with Gasteiger partial charge in [0.25, 0.3) is 0 Å². The Hall–Kier alpha value is -4.01. The van der Waals surface area contributed by atoms with Gasteiger partial charge in [-0.25, -0.2) is 9.67 Å². The quantitative estimate of drug-likeness (QED) is 0.182. The normalized spacial score (nSPS) is 11.9. The summed E-state index contributed by atoms with van der Waals surface area (Å²) in [6.07, 6.45) is 1.68. The van der Waals surface area contributed by atoms with Gasteiger partial charge in [-0.1, -0.05) is 90.2 Å². The molecule has 0 N–H and O–H groups in total. The maximum Gasteiger partial charge on any atom is 0.235 e. The first-order valence-electron chi connectivity index (χ1n) is 10.5. The third-order valence-corrected chi connectivity index (χ3v) is 7.03. The van der Waals surface area contributed by atoms with Gasteiger partial charge in [0.05, 0.1) is 17.6 Å². The smallest absolute Gasteiger partial charge is 0.235 e. The van der Waals surface area contributed by atoms with Gasteiger partial charge in [0.1, 0.15) is 9.88 Å². The van der Waals surface area contributed by atoms with E-state index in [1.165, 1.54) is 22.7 Å². The Morgan fingerprint density at radius 1 is 0.882 bits per heavy atom. The summed E-state index contributed by atoms with van der Waals surface area (Å²) in [4.78, 5) is 19.1. The SMILES string of the molecule is Cc1nc(-c2ccccc2)sc1C(=O)c1nn(-c2ccccc2)/c(=N/N=C/c2ccccc2)s1. The summed E-state index contributed by atoms with van der Waals surface area (Å²) in [5.74, 6) is -0.166. The van der Waals surface area contributed by atoms with Crippen molar-refractivity contribution in [1.29, 1.82) is 0 Å². The van der Waals surface area contributed by atoms with Crippen LogP contribution in [0.2, 0.25) is 0 Å². The second kappa shape index (κ2) is 9.86. The van der Waals surface area contributed by atoms with Crippen LogP contribution in [-0.4, -0.2) is 26.8 Å². The summed E-state index contributed by atoms with van der Waals surface area (Å²) in [7, 11) is 0. The van der Waals surface area contributed by atoms with E-state index < -0.39 is 0 Å². The molecule has 0 amide bonds. The van der Waals surface area contributed by atoms with E-state index in [1.54, 1.807) is 10.9 Å². The molecule has 166 valence electrons. The summed E-state index contributed by atoms with van der Waals surface area (Å²) in [6, 6.07) is 29.2. The molecule has 0 aliphatic rings. The maximum atomic E-state index is 13.4. The van der Waals surface area contributed by atoms with Gasteiger partial charge in [-0.2, -0.15) is 10.2 Å². The fraction of sp³-hybridized carbons (Fsp3) is 0.0385. The first kappa shape index (κ1) is 21.8. The van der Waals surface area contributed by atoms with Gasteiger partial charge in [0, 0.05) is 5.56 Å². The van der Waals surface area contributed by atoms with Crippen LogP contribution in [0, 0.1) is 6.92 Å². The van der Waals surface area contributed by atoms with E-state index in [0.717, 1.165) is 21.8 Å². The molecule has 0 aliphatic carbocycles. The number of hydrogen-bond acceptors (Lipinski definition) is 7. The molecule has 8 heteroatoms. The van der Waals surface area contributed by atoms with Crippen molar-refractivity contribution in [3.63, 3.8) is 0 Å². The van der Waals surface area contributed by atoms with E-state index in [1.807, 2.05) is 97.9 Å². The van der Waals surface area contributed by atoms with Crippen LogP contribution < -0.4 is 4.80 Å². The van der Waals surface area contributed by atoms with Gasteiger partial charge in [0.15, 0.2) is 5.01 Å². The van der Waals surface area contributed by atoms with Crippen LogP contribution in [0.4, 0.5) is 0 Å². The van der Waals surface area contributed by atoms with Crippen LogP contribution in [0.25, 0.3) is 16.3 Å². The monoisotopic (exact) mass is 481 g/mol. The van der Waals surface area contributed by atoms with Crippen molar-refractivity contribution in [3.05, 3.63) is 117 Å². The average molecular weight is 482 g/mol. The molecule has 0 saturated carbocycles. The van der Waals surface area contributed by atoms with E-state index in [9.17, 15) is 4.79 Å². The fourth-order valence-corrected chi connectivity index (χ4v) is 5.16. The van der Waals surface area contributed by atoms with E-state index in [-0.39, 0.29) is 5.78 Å². The number of hydrogen-bond donors (Lipinski definition) is 0. The lowest BCUT2D eigenvalue weighted by Gasteiger charge is -1.99. The highest BCUT2D eigenvalue weighted by Gasteiger charge is 2.22. The minimum absolute atomic E-state index is 0.166. The predicted molar refractivity (Wildman–Crippen MR) is 137 cm³/mol. The Morgan fingerprint density at radius 2 is 1.53 bits per heavy atom. The van der Waals surface area contributed by atoms with Crippen LogP contribution in [0.5, 0.6) is 0 Å². The summed E-state index contributed by atoms with van der Waals surface area (Å²) in [5, 5.41) is 14.4. The highest BCUT2D eigenvalue weighted by molar-refractivity contribution is 7.18. The molecular weight excluding hydrogens is 462 g/mol. The predicted octanol–water partition coefficient (Wildman–Crippen LogP) is 5.53. The largest absolute Gasteiger partial charge is 0.285 e. The molecule has 34 heavy (non-hydrogen) atoms. The molecule has 0 bridgehead atoms. The van der Waals surface area contributed by atoms with E-state index in [0.29, 0.717) is 20.4 Å². The Labute approximate surface area is 204 Å². The number of para-hydroxylation sites is 1. The first-order chi connectivity index (χ1) is 16.7. The van der Waals surface area contributed by atoms with Crippen molar-refractivity contribution in [2.45, 2.75) is 6.92 Å². The number of rotatable bonds is 6. The summed E-state index contributed by atoms with van der Waals surface area (Å²) in [6.45, 7) is 1.85. The fourth-order valence-electron chi connectivity index (χ4n) is 3.27. The van der Waals surface area contributed by atoms with Gasteiger partial charge in [0.2, 0.25) is 10.6 Å². The summed E-state index contributed by atoms with van der Waals surface area (Å²) < 4.78 is 1.65. The number of carbonyl (C=O) groups is 1. The highest BCUT2D eigenvalue weighted by Crippen LogP contribution is 2.29. The number of ketones is 1. The molecule has 5 aromatic rings. The van der Waals surface area contributed by atoms with Gasteiger partial charge in [-0.15, -0.1) is 16.4 Å². The van der Waals surface area contributed by atoms with Crippen molar-refractivity contribution in [3.8, 4) is 16.3 Å². The maximum absolute atomic E-state index is 13.4. The molecule has 2 heterocycles. The van der Waals surface area contributed by atoms with E-state index in [4.69, 9.17) is 0 Å². The zero-order chi connectivity index (χ0) is 23.3. The van der Waals surface area contributed by atoms with Crippen molar-refractivity contribution in [1.82, 2.24) is 14.8 Å². The number of benzene rings is 3. The Morgan fingerprint density at radius 3 is 2.24 bits per heavy atom. The number of thiazole rings is 1. The average Bonchev–Trinajstić information content (AvgIpc) is 3.49. The molecule has 0 spiro atoms. The second-order valence-electron chi connectivity index (χ2n) is 7.32. The Balaban J connectivity index is 1.54. The van der Waals surface area contributed by atoms with Crippen LogP contribution >= 0.6 is 22.7 Å². The van der Waals surface area contributed by atoms with E-state index >= 15 is 0 Å². The highest BCUT2D eigenvalue weighted by atomic mass is 32.1. The molecule has 0 unspecified atom stereocenters. The van der Waals surface area contributed by atoms with Crippen molar-refractivity contribution in [2.24, 2.45) is 10.2 Å². The lowest BCUT2D eigenvalue weighted by atomic mass is 10.2. The van der Waals surface area contributed by atoms with Gasteiger partial charge in [-0.3, -0.25) is 4.79 Å². The lowest BCUT2D eigenvalue weighted by molar-refractivity contribution is 0.104. The molecule has 6 nitrogen and oxygen atoms in total. The molecule has 0 saturated heterocycles. The lowest BCUT2D eigenvalue weighted by Crippen LogP contribution is -2.14. The minimum atomic E-state index is -0.166. The molecular formula is C26H19N5OS2. The zero-order valence-electron chi connectivity index (χ0n) is 18.2. The third-order valence-electron chi connectivity index (χ3n) is 4.93.